The SMILES string of the molecule is O=C1NC(c2ccccc2F)Nc2scc(-c3ccccc3)c21. The topological polar surface area (TPSA) is 41.1 Å². The lowest BCUT2D eigenvalue weighted by molar-refractivity contribution is 0.0936. The number of halogens is 1. The summed E-state index contributed by atoms with van der Waals surface area (Å²) in [6, 6.07) is 16.2. The van der Waals surface area contributed by atoms with Crippen molar-refractivity contribution in [1.82, 2.24) is 5.32 Å². The summed E-state index contributed by atoms with van der Waals surface area (Å²) in [5, 5.41) is 8.78. The van der Waals surface area contributed by atoms with Crippen molar-refractivity contribution in [2.45, 2.75) is 6.17 Å². The summed E-state index contributed by atoms with van der Waals surface area (Å²) in [4.78, 5) is 12.6. The molecule has 1 amide bonds. The van der Waals surface area contributed by atoms with E-state index in [9.17, 15) is 9.18 Å². The molecule has 2 N–H and O–H groups in total. The van der Waals surface area contributed by atoms with Crippen LogP contribution < -0.4 is 10.6 Å². The van der Waals surface area contributed by atoms with Crippen molar-refractivity contribution in [3.8, 4) is 11.1 Å². The van der Waals surface area contributed by atoms with Crippen LogP contribution in [0.2, 0.25) is 0 Å². The van der Waals surface area contributed by atoms with Crippen LogP contribution in [-0.2, 0) is 0 Å². The molecule has 0 bridgehead atoms. The monoisotopic (exact) mass is 324 g/mol. The predicted octanol–water partition coefficient (Wildman–Crippen LogP) is 4.41. The third-order valence-electron chi connectivity index (χ3n) is 3.87. The molecule has 0 saturated carbocycles. The minimum atomic E-state index is -0.557. The first kappa shape index (κ1) is 14.0. The molecule has 2 heterocycles. The Bertz CT molecular complexity index is 876. The average molecular weight is 324 g/mol. The first-order valence-corrected chi connectivity index (χ1v) is 8.11. The van der Waals surface area contributed by atoms with Crippen LogP contribution in [0.1, 0.15) is 22.1 Å². The van der Waals surface area contributed by atoms with Crippen molar-refractivity contribution in [2.75, 3.05) is 5.32 Å². The number of nitrogens with one attached hydrogen (secondary N) is 2. The van der Waals surface area contributed by atoms with Gasteiger partial charge in [-0.1, -0.05) is 48.5 Å². The molecular weight excluding hydrogens is 311 g/mol. The van der Waals surface area contributed by atoms with Crippen molar-refractivity contribution < 1.29 is 9.18 Å². The lowest BCUT2D eigenvalue weighted by atomic mass is 10.0. The molecule has 0 aliphatic carbocycles. The van der Waals surface area contributed by atoms with Gasteiger partial charge in [-0.25, -0.2) is 4.39 Å². The molecule has 1 aliphatic heterocycles. The van der Waals surface area contributed by atoms with Gasteiger partial charge in [0.1, 0.15) is 17.0 Å². The Morgan fingerprint density at radius 2 is 1.70 bits per heavy atom. The number of hydrogen-bond acceptors (Lipinski definition) is 3. The summed E-state index contributed by atoms with van der Waals surface area (Å²) in [6.07, 6.45) is -0.557. The maximum atomic E-state index is 14.0. The summed E-state index contributed by atoms with van der Waals surface area (Å²) in [5.41, 5.74) is 2.93. The van der Waals surface area contributed by atoms with Gasteiger partial charge in [0.2, 0.25) is 0 Å². The number of thiophene rings is 1. The minimum Gasteiger partial charge on any atom is -0.353 e. The lowest BCUT2D eigenvalue weighted by Crippen LogP contribution is -2.38. The van der Waals surface area contributed by atoms with E-state index in [-0.39, 0.29) is 11.7 Å². The predicted molar refractivity (Wildman–Crippen MR) is 90.0 cm³/mol. The molecule has 4 rings (SSSR count). The van der Waals surface area contributed by atoms with Gasteiger partial charge in [-0.05, 0) is 11.6 Å². The Balaban J connectivity index is 1.74. The fraction of sp³-hybridized carbons (Fsp3) is 0.0556. The van der Waals surface area contributed by atoms with E-state index in [1.807, 2.05) is 35.7 Å². The second-order valence-electron chi connectivity index (χ2n) is 5.29. The molecule has 0 fully saturated rings. The quantitative estimate of drug-likeness (QED) is 0.733. The van der Waals surface area contributed by atoms with Crippen molar-refractivity contribution in [3.05, 3.63) is 76.9 Å². The Hall–Kier alpha value is -2.66. The van der Waals surface area contributed by atoms with Gasteiger partial charge in [-0.3, -0.25) is 4.79 Å². The van der Waals surface area contributed by atoms with Gasteiger partial charge in [-0.15, -0.1) is 11.3 Å². The summed E-state index contributed by atoms with van der Waals surface area (Å²) in [5.74, 6) is -0.527. The lowest BCUT2D eigenvalue weighted by Gasteiger charge is -2.26. The molecule has 3 aromatic rings. The average Bonchev–Trinajstić information content (AvgIpc) is 3.00. The first-order valence-electron chi connectivity index (χ1n) is 7.23. The van der Waals surface area contributed by atoms with Crippen LogP contribution in [0.4, 0.5) is 9.39 Å². The van der Waals surface area contributed by atoms with E-state index in [1.165, 1.54) is 17.4 Å². The van der Waals surface area contributed by atoms with Crippen molar-refractivity contribution in [1.29, 1.82) is 0 Å². The Morgan fingerprint density at radius 1 is 0.957 bits per heavy atom. The molecule has 0 saturated heterocycles. The number of hydrogen-bond donors (Lipinski definition) is 2. The van der Waals surface area contributed by atoms with Crippen molar-refractivity contribution in [2.24, 2.45) is 0 Å². The number of fused-ring (bicyclic) bond motifs is 1. The number of benzene rings is 2. The van der Waals surface area contributed by atoms with Gasteiger partial charge in [0.25, 0.3) is 5.91 Å². The molecule has 0 radical (unpaired) electrons. The number of carbonyl (C=O) groups is 1. The highest BCUT2D eigenvalue weighted by atomic mass is 32.1. The van der Waals surface area contributed by atoms with E-state index >= 15 is 0 Å². The zero-order chi connectivity index (χ0) is 15.8. The summed E-state index contributed by atoms with van der Waals surface area (Å²) in [6.45, 7) is 0. The van der Waals surface area contributed by atoms with Crippen LogP contribution in [0.15, 0.2) is 60.0 Å². The zero-order valence-corrected chi connectivity index (χ0v) is 12.9. The minimum absolute atomic E-state index is 0.188. The van der Waals surface area contributed by atoms with Crippen LogP contribution in [-0.4, -0.2) is 5.91 Å². The van der Waals surface area contributed by atoms with Crippen molar-refractivity contribution >= 4 is 22.2 Å². The van der Waals surface area contributed by atoms with Gasteiger partial charge in [0, 0.05) is 16.5 Å². The molecule has 1 atom stereocenters. The molecule has 114 valence electrons. The zero-order valence-electron chi connectivity index (χ0n) is 12.0. The standard InChI is InChI=1S/C18H13FN2OS/c19-14-9-5-4-8-12(14)16-20-17(22)15-13(10-23-18(15)21-16)11-6-2-1-3-7-11/h1-10,16,21H,(H,20,22). The molecule has 1 aromatic heterocycles. The Kier molecular flexibility index (Phi) is 3.35. The molecule has 23 heavy (non-hydrogen) atoms. The van der Waals surface area contributed by atoms with Crippen molar-refractivity contribution in [3.63, 3.8) is 0 Å². The molecule has 5 heteroatoms. The highest BCUT2D eigenvalue weighted by molar-refractivity contribution is 7.15. The van der Waals surface area contributed by atoms with Gasteiger partial charge in [0.05, 0.1) is 5.56 Å². The second-order valence-corrected chi connectivity index (χ2v) is 6.17. The van der Waals surface area contributed by atoms with E-state index in [0.29, 0.717) is 11.1 Å². The highest BCUT2D eigenvalue weighted by Gasteiger charge is 2.30. The fourth-order valence-electron chi connectivity index (χ4n) is 2.75. The highest BCUT2D eigenvalue weighted by Crippen LogP contribution is 2.39. The maximum Gasteiger partial charge on any atom is 0.256 e. The Morgan fingerprint density at radius 3 is 2.48 bits per heavy atom. The smallest absolute Gasteiger partial charge is 0.256 e. The number of rotatable bonds is 2. The molecule has 3 nitrogen and oxygen atoms in total. The first-order chi connectivity index (χ1) is 11.2. The van der Waals surface area contributed by atoms with Gasteiger partial charge < -0.3 is 10.6 Å². The van der Waals surface area contributed by atoms with Crippen LogP contribution in [0, 0.1) is 5.82 Å². The normalized spacial score (nSPS) is 16.4. The molecule has 1 aliphatic rings. The maximum absolute atomic E-state index is 14.0. The largest absolute Gasteiger partial charge is 0.353 e. The molecule has 2 aromatic carbocycles. The molecule has 1 unspecified atom stereocenters. The number of carbonyl (C=O) groups excluding carboxylic acids is 1. The number of amides is 1. The van der Waals surface area contributed by atoms with Crippen LogP contribution in [0.5, 0.6) is 0 Å². The third-order valence-corrected chi connectivity index (χ3v) is 4.78. The third kappa shape index (κ3) is 2.39. The van der Waals surface area contributed by atoms with Gasteiger partial charge in [0.15, 0.2) is 0 Å². The van der Waals surface area contributed by atoms with Crippen LogP contribution in [0.3, 0.4) is 0 Å². The van der Waals surface area contributed by atoms with E-state index in [2.05, 4.69) is 10.6 Å². The summed E-state index contributed by atoms with van der Waals surface area (Å²) < 4.78 is 14.0. The van der Waals surface area contributed by atoms with Gasteiger partial charge in [-0.2, -0.15) is 0 Å². The number of anilines is 1. The van der Waals surface area contributed by atoms with Crippen LogP contribution in [0.25, 0.3) is 11.1 Å². The van der Waals surface area contributed by atoms with Gasteiger partial charge >= 0.3 is 0 Å². The second kappa shape index (κ2) is 5.52. The van der Waals surface area contributed by atoms with E-state index in [0.717, 1.165) is 16.1 Å². The fourth-order valence-corrected chi connectivity index (χ4v) is 3.75. The van der Waals surface area contributed by atoms with Crippen LogP contribution >= 0.6 is 11.3 Å². The summed E-state index contributed by atoms with van der Waals surface area (Å²) in [7, 11) is 0. The van der Waals surface area contributed by atoms with E-state index in [1.54, 1.807) is 18.2 Å². The molecule has 0 spiro atoms. The Labute approximate surface area is 136 Å². The van der Waals surface area contributed by atoms with E-state index < -0.39 is 6.17 Å². The molecular formula is C18H13FN2OS. The van der Waals surface area contributed by atoms with E-state index in [4.69, 9.17) is 0 Å². The summed E-state index contributed by atoms with van der Waals surface area (Å²) >= 11 is 1.46.